The van der Waals surface area contributed by atoms with Crippen molar-refractivity contribution < 1.29 is 9.90 Å². The van der Waals surface area contributed by atoms with Crippen molar-refractivity contribution in [2.75, 3.05) is 43.4 Å². The first-order valence-electron chi connectivity index (χ1n) is 6.72. The maximum Gasteiger partial charge on any atom is 0.337 e. The summed E-state index contributed by atoms with van der Waals surface area (Å²) in [5.74, 6) is -0.969. The average Bonchev–Trinajstić information content (AvgIpc) is 2.40. The van der Waals surface area contributed by atoms with Crippen LogP contribution in [0.2, 0.25) is 0 Å². The Kier molecular flexibility index (Phi) is 4.27. The summed E-state index contributed by atoms with van der Waals surface area (Å²) in [6, 6.07) is 5.25. The highest BCUT2D eigenvalue weighted by Gasteiger charge is 2.18. The van der Waals surface area contributed by atoms with Crippen molar-refractivity contribution in [3.63, 3.8) is 0 Å². The first kappa shape index (κ1) is 13.7. The van der Waals surface area contributed by atoms with E-state index >= 15 is 0 Å². The molecule has 0 aliphatic carbocycles. The summed E-state index contributed by atoms with van der Waals surface area (Å²) in [6.07, 6.45) is 1.17. The first-order valence-corrected chi connectivity index (χ1v) is 6.72. The molecule has 0 amide bonds. The molecular weight excluding hydrogens is 242 g/mol. The number of anilines is 2. The van der Waals surface area contributed by atoms with Crippen LogP contribution in [0.3, 0.4) is 0 Å². The monoisotopic (exact) mass is 263 g/mol. The fourth-order valence-electron chi connectivity index (χ4n) is 2.47. The van der Waals surface area contributed by atoms with Gasteiger partial charge in [0.2, 0.25) is 0 Å². The number of carboxylic acids is 1. The van der Waals surface area contributed by atoms with Gasteiger partial charge in [0.1, 0.15) is 0 Å². The van der Waals surface area contributed by atoms with Crippen LogP contribution in [0.5, 0.6) is 0 Å². The first-order chi connectivity index (χ1) is 9.11. The minimum atomic E-state index is -0.969. The number of hydrogen-bond acceptors (Lipinski definition) is 4. The van der Waals surface area contributed by atoms with Gasteiger partial charge in [-0.2, -0.15) is 0 Å². The Hall–Kier alpha value is -1.75. The van der Waals surface area contributed by atoms with Gasteiger partial charge in [0.05, 0.1) is 5.56 Å². The van der Waals surface area contributed by atoms with Crippen LogP contribution in [0.1, 0.15) is 23.7 Å². The summed E-state index contributed by atoms with van der Waals surface area (Å²) < 4.78 is 0. The molecule has 1 fully saturated rings. The van der Waals surface area contributed by atoms with Crippen LogP contribution < -0.4 is 10.6 Å². The van der Waals surface area contributed by atoms with Crippen molar-refractivity contribution >= 4 is 17.3 Å². The number of nitrogens with two attached hydrogens (primary N) is 1. The van der Waals surface area contributed by atoms with E-state index in [1.165, 1.54) is 6.42 Å². The van der Waals surface area contributed by atoms with Crippen LogP contribution in [0.4, 0.5) is 11.4 Å². The van der Waals surface area contributed by atoms with Gasteiger partial charge in [0, 0.05) is 37.6 Å². The Labute approximate surface area is 113 Å². The van der Waals surface area contributed by atoms with Crippen LogP contribution in [-0.4, -0.2) is 48.7 Å². The summed E-state index contributed by atoms with van der Waals surface area (Å²) in [5.41, 5.74) is 7.13. The van der Waals surface area contributed by atoms with Gasteiger partial charge in [-0.3, -0.25) is 4.90 Å². The van der Waals surface area contributed by atoms with Gasteiger partial charge in [-0.05, 0) is 31.2 Å². The molecule has 0 unspecified atom stereocenters. The molecule has 1 aliphatic rings. The number of nitrogen functional groups attached to an aromatic ring is 1. The minimum absolute atomic E-state index is 0.188. The minimum Gasteiger partial charge on any atom is -0.478 e. The molecule has 1 aliphatic heterocycles. The molecule has 1 saturated heterocycles. The lowest BCUT2D eigenvalue weighted by Gasteiger charge is -2.36. The number of aromatic carboxylic acids is 1. The van der Waals surface area contributed by atoms with E-state index in [1.54, 1.807) is 12.1 Å². The van der Waals surface area contributed by atoms with E-state index in [-0.39, 0.29) is 5.56 Å². The van der Waals surface area contributed by atoms with Gasteiger partial charge in [-0.25, -0.2) is 4.79 Å². The van der Waals surface area contributed by atoms with E-state index in [1.807, 2.05) is 6.07 Å². The van der Waals surface area contributed by atoms with Crippen LogP contribution >= 0.6 is 0 Å². The third-order valence-electron chi connectivity index (χ3n) is 3.54. The lowest BCUT2D eigenvalue weighted by molar-refractivity contribution is 0.0698. The van der Waals surface area contributed by atoms with Crippen molar-refractivity contribution in [3.05, 3.63) is 23.8 Å². The smallest absolute Gasteiger partial charge is 0.337 e. The fourth-order valence-corrected chi connectivity index (χ4v) is 2.47. The molecular formula is C14H21N3O2. The molecule has 0 bridgehead atoms. The lowest BCUT2D eigenvalue weighted by atomic mass is 10.1. The Morgan fingerprint density at radius 2 is 2.00 bits per heavy atom. The number of carboxylic acid groups (broad SMARTS) is 1. The van der Waals surface area contributed by atoms with Gasteiger partial charge in [0.15, 0.2) is 0 Å². The molecule has 5 heteroatoms. The number of carbonyl (C=O) groups is 1. The fraction of sp³-hybridized carbons (Fsp3) is 0.500. The Balaban J connectivity index is 2.07. The van der Waals surface area contributed by atoms with Crippen molar-refractivity contribution in [2.24, 2.45) is 0 Å². The molecule has 0 radical (unpaired) electrons. The number of rotatable bonds is 4. The van der Waals surface area contributed by atoms with Gasteiger partial charge < -0.3 is 15.7 Å². The van der Waals surface area contributed by atoms with Gasteiger partial charge in [-0.15, -0.1) is 0 Å². The second-order valence-electron chi connectivity index (χ2n) is 4.91. The third-order valence-corrected chi connectivity index (χ3v) is 3.54. The largest absolute Gasteiger partial charge is 0.478 e. The van der Waals surface area contributed by atoms with Crippen molar-refractivity contribution in [1.29, 1.82) is 0 Å². The number of hydrogen-bond donors (Lipinski definition) is 2. The van der Waals surface area contributed by atoms with E-state index in [9.17, 15) is 4.79 Å². The summed E-state index contributed by atoms with van der Waals surface area (Å²) >= 11 is 0. The molecule has 1 aromatic carbocycles. The number of nitrogens with zero attached hydrogens (tertiary/aromatic N) is 2. The van der Waals surface area contributed by atoms with Crippen LogP contribution in [0, 0.1) is 0 Å². The Morgan fingerprint density at radius 1 is 1.32 bits per heavy atom. The van der Waals surface area contributed by atoms with E-state index < -0.39 is 5.97 Å². The van der Waals surface area contributed by atoms with Gasteiger partial charge >= 0.3 is 5.97 Å². The molecule has 0 aromatic heterocycles. The standard InChI is InChI=1S/C14H21N3O2/c1-2-5-16-6-8-17(9-7-16)11-3-4-13(15)12(10-11)14(18)19/h3-4,10H,2,5-9,15H2,1H3,(H,18,19). The van der Waals surface area contributed by atoms with E-state index in [4.69, 9.17) is 10.8 Å². The highest BCUT2D eigenvalue weighted by molar-refractivity contribution is 5.94. The predicted octanol–water partition coefficient (Wildman–Crippen LogP) is 1.50. The summed E-state index contributed by atoms with van der Waals surface area (Å²) in [6.45, 7) is 7.24. The molecule has 0 saturated carbocycles. The third kappa shape index (κ3) is 3.17. The van der Waals surface area contributed by atoms with Crippen molar-refractivity contribution in [3.8, 4) is 0 Å². The molecule has 3 N–H and O–H groups in total. The molecule has 1 aromatic rings. The molecule has 5 nitrogen and oxygen atoms in total. The molecule has 19 heavy (non-hydrogen) atoms. The molecule has 104 valence electrons. The quantitative estimate of drug-likeness (QED) is 0.806. The number of piperazine rings is 1. The molecule has 1 heterocycles. The average molecular weight is 263 g/mol. The highest BCUT2D eigenvalue weighted by Crippen LogP contribution is 2.22. The van der Waals surface area contributed by atoms with Crippen molar-refractivity contribution in [2.45, 2.75) is 13.3 Å². The summed E-state index contributed by atoms with van der Waals surface area (Å²) in [4.78, 5) is 15.7. The SMILES string of the molecule is CCCN1CCN(c2ccc(N)c(C(=O)O)c2)CC1. The summed E-state index contributed by atoms with van der Waals surface area (Å²) in [5, 5.41) is 9.09. The van der Waals surface area contributed by atoms with Crippen LogP contribution in [0.25, 0.3) is 0 Å². The highest BCUT2D eigenvalue weighted by atomic mass is 16.4. The number of benzene rings is 1. The lowest BCUT2D eigenvalue weighted by Crippen LogP contribution is -2.46. The molecule has 0 atom stereocenters. The van der Waals surface area contributed by atoms with E-state index in [0.29, 0.717) is 5.69 Å². The second kappa shape index (κ2) is 5.93. The van der Waals surface area contributed by atoms with E-state index in [0.717, 1.165) is 38.4 Å². The van der Waals surface area contributed by atoms with Crippen LogP contribution in [0.15, 0.2) is 18.2 Å². The second-order valence-corrected chi connectivity index (χ2v) is 4.91. The van der Waals surface area contributed by atoms with Crippen LogP contribution in [-0.2, 0) is 0 Å². The zero-order valence-corrected chi connectivity index (χ0v) is 11.3. The van der Waals surface area contributed by atoms with Gasteiger partial charge in [0.25, 0.3) is 0 Å². The molecule has 0 spiro atoms. The molecule has 2 rings (SSSR count). The zero-order chi connectivity index (χ0) is 13.8. The van der Waals surface area contributed by atoms with Gasteiger partial charge in [-0.1, -0.05) is 6.92 Å². The topological polar surface area (TPSA) is 69.8 Å². The Bertz CT molecular complexity index is 454. The summed E-state index contributed by atoms with van der Waals surface area (Å²) in [7, 11) is 0. The Morgan fingerprint density at radius 3 is 2.58 bits per heavy atom. The van der Waals surface area contributed by atoms with Crippen molar-refractivity contribution in [1.82, 2.24) is 4.90 Å². The predicted molar refractivity (Wildman–Crippen MR) is 76.8 cm³/mol. The zero-order valence-electron chi connectivity index (χ0n) is 11.3. The normalized spacial score (nSPS) is 16.6. The maximum atomic E-state index is 11.1. The van der Waals surface area contributed by atoms with E-state index in [2.05, 4.69) is 16.7 Å². The maximum absolute atomic E-state index is 11.1.